The van der Waals surface area contributed by atoms with Crippen LogP contribution in [0.2, 0.25) is 13.1 Å². The van der Waals surface area contributed by atoms with Crippen molar-refractivity contribution < 1.29 is 4.79 Å². The lowest BCUT2D eigenvalue weighted by Crippen LogP contribution is -2.44. The molecule has 0 saturated heterocycles. The lowest BCUT2D eigenvalue weighted by atomic mass is 10.2. The van der Waals surface area contributed by atoms with Gasteiger partial charge in [-0.05, 0) is 19.3 Å². The van der Waals surface area contributed by atoms with Gasteiger partial charge in [-0.1, -0.05) is 54.7 Å². The van der Waals surface area contributed by atoms with Gasteiger partial charge in [0.1, 0.15) is 14.0 Å². The molecule has 0 aliphatic rings. The van der Waals surface area contributed by atoms with Gasteiger partial charge < -0.3 is 0 Å². The first kappa shape index (κ1) is 13.7. The molecule has 0 spiro atoms. The van der Waals surface area contributed by atoms with E-state index < -0.39 is 8.07 Å². The van der Waals surface area contributed by atoms with Gasteiger partial charge >= 0.3 is 0 Å². The average molecular weight is 244 g/mol. The van der Waals surface area contributed by atoms with Gasteiger partial charge in [0, 0.05) is 5.20 Å². The van der Waals surface area contributed by atoms with E-state index in [4.69, 9.17) is 0 Å². The number of hydrogen-bond donors (Lipinski definition) is 0. The van der Waals surface area contributed by atoms with Gasteiger partial charge in [-0.25, -0.2) is 4.79 Å². The highest BCUT2D eigenvalue weighted by Gasteiger charge is 2.28. The minimum absolute atomic E-state index is 0.851. The number of rotatable bonds is 6. The van der Waals surface area contributed by atoms with E-state index in [0.717, 1.165) is 24.5 Å². The van der Waals surface area contributed by atoms with Gasteiger partial charge in [-0.15, -0.1) is 6.58 Å². The lowest BCUT2D eigenvalue weighted by Gasteiger charge is -2.23. The highest BCUT2D eigenvalue weighted by molar-refractivity contribution is 6.96. The fraction of sp³-hybridized carbons (Fsp3) is 0.333. The molecule has 0 heterocycles. The molecule has 0 N–H and O–H groups in total. The monoisotopic (exact) mass is 244 g/mol. The molecule has 0 aliphatic heterocycles. The van der Waals surface area contributed by atoms with E-state index in [1.165, 1.54) is 5.19 Å². The minimum Gasteiger partial charge on any atom is -0.234 e. The van der Waals surface area contributed by atoms with E-state index in [1.807, 2.05) is 24.3 Å². The molecule has 1 rings (SSSR count). The second-order valence-electron chi connectivity index (χ2n) is 4.75. The van der Waals surface area contributed by atoms with Crippen LogP contribution in [0.25, 0.3) is 0 Å². The molecule has 0 fully saturated rings. The Morgan fingerprint density at radius 2 is 2.00 bits per heavy atom. The second kappa shape index (κ2) is 6.38. The zero-order chi connectivity index (χ0) is 12.7. The summed E-state index contributed by atoms with van der Waals surface area (Å²) in [4.78, 5) is 11.2. The largest absolute Gasteiger partial charge is 0.234 e. The molecule has 17 heavy (non-hydrogen) atoms. The Balaban J connectivity index is 2.87. The van der Waals surface area contributed by atoms with Crippen LogP contribution in [-0.4, -0.2) is 14.0 Å². The molecule has 0 aliphatic carbocycles. The maximum absolute atomic E-state index is 11.2. The van der Waals surface area contributed by atoms with Gasteiger partial charge in [-0.2, -0.15) is 0 Å². The zero-order valence-electron chi connectivity index (χ0n) is 10.7. The SMILES string of the molecule is C=CCCCC(=C=O)[Si](C)(C)c1ccccc1. The van der Waals surface area contributed by atoms with Crippen LogP contribution in [0.1, 0.15) is 19.3 Å². The molecule has 0 aromatic heterocycles. The summed E-state index contributed by atoms with van der Waals surface area (Å²) in [6.45, 7) is 8.14. The Bertz CT molecular complexity index is 414. The predicted octanol–water partition coefficient (Wildman–Crippen LogP) is 3.26. The van der Waals surface area contributed by atoms with Crippen LogP contribution in [0.3, 0.4) is 0 Å². The molecular weight excluding hydrogens is 224 g/mol. The molecule has 0 amide bonds. The Kier molecular flexibility index (Phi) is 5.14. The summed E-state index contributed by atoms with van der Waals surface area (Å²) in [7, 11) is -1.80. The Morgan fingerprint density at radius 3 is 2.53 bits per heavy atom. The molecular formula is C15H20OSi. The Morgan fingerprint density at radius 1 is 1.35 bits per heavy atom. The summed E-state index contributed by atoms with van der Waals surface area (Å²) in [5.74, 6) is 2.19. The number of unbranched alkanes of at least 4 members (excludes halogenated alkanes) is 1. The molecule has 0 unspecified atom stereocenters. The number of allylic oxidation sites excluding steroid dienone is 2. The number of benzene rings is 1. The van der Waals surface area contributed by atoms with Crippen molar-refractivity contribution in [1.82, 2.24) is 0 Å². The molecule has 0 atom stereocenters. The van der Waals surface area contributed by atoms with Crippen molar-refractivity contribution in [3.63, 3.8) is 0 Å². The first-order chi connectivity index (χ1) is 8.12. The van der Waals surface area contributed by atoms with Crippen LogP contribution in [0, 0.1) is 0 Å². The standard InChI is InChI=1S/C15H20OSi/c1-4-5-7-12-15(13-16)17(2,3)14-10-8-6-9-11-14/h4,6,8-11H,1,5,7,12H2,2-3H3. The summed E-state index contributed by atoms with van der Waals surface area (Å²) in [6.07, 6.45) is 4.71. The quantitative estimate of drug-likeness (QED) is 0.325. The van der Waals surface area contributed by atoms with Gasteiger partial charge in [0.05, 0.1) is 0 Å². The number of carbonyl (C=O) groups excluding carboxylic acids is 1. The van der Waals surface area contributed by atoms with Crippen molar-refractivity contribution in [2.24, 2.45) is 0 Å². The van der Waals surface area contributed by atoms with Crippen LogP contribution in [-0.2, 0) is 4.79 Å². The minimum atomic E-state index is -1.80. The van der Waals surface area contributed by atoms with Crippen molar-refractivity contribution in [1.29, 1.82) is 0 Å². The third-order valence-corrected chi connectivity index (χ3v) is 6.85. The molecule has 2 heteroatoms. The first-order valence-electron chi connectivity index (χ1n) is 6.03. The lowest BCUT2D eigenvalue weighted by molar-refractivity contribution is 0.567. The summed E-state index contributed by atoms with van der Waals surface area (Å²) >= 11 is 0. The molecule has 0 radical (unpaired) electrons. The molecule has 1 aromatic rings. The van der Waals surface area contributed by atoms with E-state index in [0.29, 0.717) is 0 Å². The van der Waals surface area contributed by atoms with Crippen LogP contribution >= 0.6 is 0 Å². The van der Waals surface area contributed by atoms with Gasteiger partial charge in [0.25, 0.3) is 0 Å². The van der Waals surface area contributed by atoms with E-state index >= 15 is 0 Å². The Labute approximate surface area is 105 Å². The first-order valence-corrected chi connectivity index (χ1v) is 9.03. The topological polar surface area (TPSA) is 17.1 Å². The highest BCUT2D eigenvalue weighted by Crippen LogP contribution is 2.18. The molecule has 0 bridgehead atoms. The summed E-state index contributed by atoms with van der Waals surface area (Å²) < 4.78 is 0. The van der Waals surface area contributed by atoms with E-state index in [2.05, 4.69) is 37.7 Å². The molecule has 1 nitrogen and oxygen atoms in total. The predicted molar refractivity (Wildman–Crippen MR) is 76.8 cm³/mol. The van der Waals surface area contributed by atoms with E-state index in [1.54, 1.807) is 0 Å². The third kappa shape index (κ3) is 3.55. The average Bonchev–Trinajstić information content (AvgIpc) is 2.35. The zero-order valence-corrected chi connectivity index (χ0v) is 11.7. The van der Waals surface area contributed by atoms with Crippen LogP contribution < -0.4 is 5.19 Å². The van der Waals surface area contributed by atoms with Gasteiger partial charge in [-0.3, -0.25) is 0 Å². The molecule has 1 aromatic carbocycles. The van der Waals surface area contributed by atoms with E-state index in [9.17, 15) is 4.79 Å². The summed E-state index contributed by atoms with van der Waals surface area (Å²) in [5.41, 5.74) is 0. The summed E-state index contributed by atoms with van der Waals surface area (Å²) in [6, 6.07) is 10.3. The fourth-order valence-electron chi connectivity index (χ4n) is 1.94. The van der Waals surface area contributed by atoms with Crippen LogP contribution in [0.15, 0.2) is 48.2 Å². The van der Waals surface area contributed by atoms with Gasteiger partial charge in [0.15, 0.2) is 0 Å². The fourth-order valence-corrected chi connectivity index (χ4v) is 4.37. The Hall–Kier alpha value is -1.37. The second-order valence-corrected chi connectivity index (χ2v) is 9.18. The van der Waals surface area contributed by atoms with Crippen molar-refractivity contribution >= 4 is 19.2 Å². The van der Waals surface area contributed by atoms with Crippen molar-refractivity contribution in [2.75, 3.05) is 0 Å². The van der Waals surface area contributed by atoms with Crippen LogP contribution in [0.4, 0.5) is 0 Å². The third-order valence-electron chi connectivity index (χ3n) is 3.21. The molecule has 0 saturated carbocycles. The van der Waals surface area contributed by atoms with Gasteiger partial charge in [0.2, 0.25) is 0 Å². The normalized spacial score (nSPS) is 10.7. The summed E-state index contributed by atoms with van der Waals surface area (Å²) in [5, 5.41) is 2.28. The molecule has 90 valence electrons. The highest BCUT2D eigenvalue weighted by atomic mass is 28.3. The smallest absolute Gasteiger partial charge is 0.121 e. The van der Waals surface area contributed by atoms with Crippen molar-refractivity contribution in [2.45, 2.75) is 32.4 Å². The maximum atomic E-state index is 11.2. The van der Waals surface area contributed by atoms with Crippen LogP contribution in [0.5, 0.6) is 0 Å². The van der Waals surface area contributed by atoms with E-state index in [-0.39, 0.29) is 0 Å². The van der Waals surface area contributed by atoms with Crippen molar-refractivity contribution in [3.8, 4) is 0 Å². The number of hydrogen-bond acceptors (Lipinski definition) is 1. The van der Waals surface area contributed by atoms with Crippen molar-refractivity contribution in [3.05, 3.63) is 48.2 Å². The maximum Gasteiger partial charge on any atom is 0.121 e.